The van der Waals surface area contributed by atoms with Gasteiger partial charge >= 0.3 is 0 Å². The number of pyridine rings is 1. The quantitative estimate of drug-likeness (QED) is 0.773. The van der Waals surface area contributed by atoms with Crippen molar-refractivity contribution in [3.63, 3.8) is 0 Å². The first kappa shape index (κ1) is 14.1. The molecular weight excluding hydrogens is 282 g/mol. The van der Waals surface area contributed by atoms with Gasteiger partial charge in [-0.3, -0.25) is 4.98 Å². The van der Waals surface area contributed by atoms with Crippen molar-refractivity contribution in [3.05, 3.63) is 76.4 Å². The van der Waals surface area contributed by atoms with E-state index in [1.807, 2.05) is 61.5 Å². The number of para-hydroxylation sites is 1. The Hall–Kier alpha value is -1.90. The van der Waals surface area contributed by atoms with Crippen molar-refractivity contribution < 1.29 is 5.11 Å². The van der Waals surface area contributed by atoms with Crippen molar-refractivity contribution in [2.24, 2.45) is 0 Å². The monoisotopic (exact) mass is 297 g/mol. The number of hydrogen-bond donors (Lipinski definition) is 1. The molecule has 1 aromatic heterocycles. The van der Waals surface area contributed by atoms with Crippen molar-refractivity contribution in [2.75, 3.05) is 0 Å². The summed E-state index contributed by atoms with van der Waals surface area (Å²) in [4.78, 5) is 4.51. The third kappa shape index (κ3) is 3.07. The summed E-state index contributed by atoms with van der Waals surface area (Å²) in [6.45, 7) is 1.95. The molecular formula is C18H16ClNO. The maximum atomic E-state index is 10.6. The van der Waals surface area contributed by atoms with E-state index in [9.17, 15) is 5.11 Å². The van der Waals surface area contributed by atoms with E-state index in [4.69, 9.17) is 11.6 Å². The molecule has 0 radical (unpaired) electrons. The molecule has 3 rings (SSSR count). The summed E-state index contributed by atoms with van der Waals surface area (Å²) >= 11 is 6.00. The number of rotatable bonds is 3. The van der Waals surface area contributed by atoms with Crippen LogP contribution in [0.5, 0.6) is 0 Å². The fourth-order valence-corrected chi connectivity index (χ4v) is 2.83. The van der Waals surface area contributed by atoms with Gasteiger partial charge in [-0.2, -0.15) is 0 Å². The van der Waals surface area contributed by atoms with E-state index < -0.39 is 6.10 Å². The summed E-state index contributed by atoms with van der Waals surface area (Å²) in [5, 5.41) is 12.3. The number of nitrogens with zero attached hydrogens (tertiary/aromatic N) is 1. The Balaban J connectivity index is 1.99. The second kappa shape index (κ2) is 5.84. The minimum Gasteiger partial charge on any atom is -0.388 e. The lowest BCUT2D eigenvalue weighted by molar-refractivity contribution is 0.180. The van der Waals surface area contributed by atoms with Crippen LogP contribution < -0.4 is 0 Å². The zero-order valence-electron chi connectivity index (χ0n) is 11.8. The summed E-state index contributed by atoms with van der Waals surface area (Å²) in [6, 6.07) is 17.5. The molecule has 1 heterocycles. The second-order valence-corrected chi connectivity index (χ2v) is 5.66. The molecule has 0 saturated carbocycles. The lowest BCUT2D eigenvalue weighted by atomic mass is 9.97. The van der Waals surface area contributed by atoms with E-state index in [1.165, 1.54) is 0 Å². The van der Waals surface area contributed by atoms with Crippen LogP contribution in [0.25, 0.3) is 10.9 Å². The van der Waals surface area contributed by atoms with Crippen molar-refractivity contribution in [3.8, 4) is 0 Å². The first-order valence-electron chi connectivity index (χ1n) is 6.92. The highest BCUT2D eigenvalue weighted by molar-refractivity contribution is 6.30. The number of fused-ring (bicyclic) bond motifs is 1. The predicted octanol–water partition coefficient (Wildman–Crippen LogP) is 4.47. The fourth-order valence-electron chi connectivity index (χ4n) is 2.61. The summed E-state index contributed by atoms with van der Waals surface area (Å²) in [5.74, 6) is 0. The smallest absolute Gasteiger partial charge is 0.0837 e. The standard InChI is InChI=1S/C18H16ClNO/c1-12-9-16(15-7-2-3-8-17(15)20-12)18(21)11-13-5-4-6-14(19)10-13/h2-10,18,21H,11H2,1H3. The number of aromatic nitrogens is 1. The zero-order chi connectivity index (χ0) is 14.8. The molecule has 3 heteroatoms. The van der Waals surface area contributed by atoms with Gasteiger partial charge in [0.05, 0.1) is 11.6 Å². The molecule has 0 amide bonds. The van der Waals surface area contributed by atoms with Crippen LogP contribution in [0.2, 0.25) is 5.02 Å². The molecule has 0 bridgehead atoms. The average Bonchev–Trinajstić information content (AvgIpc) is 2.46. The minimum absolute atomic E-state index is 0.536. The minimum atomic E-state index is -0.574. The number of aryl methyl sites for hydroxylation is 1. The van der Waals surface area contributed by atoms with Crippen LogP contribution in [0.3, 0.4) is 0 Å². The van der Waals surface area contributed by atoms with Crippen LogP contribution in [-0.2, 0) is 6.42 Å². The van der Waals surface area contributed by atoms with Gasteiger partial charge in [-0.05, 0) is 42.3 Å². The Kier molecular flexibility index (Phi) is 3.91. The molecule has 0 aliphatic rings. The molecule has 0 aliphatic carbocycles. The van der Waals surface area contributed by atoms with Gasteiger partial charge in [-0.1, -0.05) is 41.9 Å². The predicted molar refractivity (Wildman–Crippen MR) is 86.6 cm³/mol. The number of benzene rings is 2. The van der Waals surface area contributed by atoms with E-state index >= 15 is 0 Å². The maximum absolute atomic E-state index is 10.6. The van der Waals surface area contributed by atoms with Gasteiger partial charge in [-0.25, -0.2) is 0 Å². The number of aliphatic hydroxyl groups excluding tert-OH is 1. The molecule has 2 nitrogen and oxygen atoms in total. The van der Waals surface area contributed by atoms with Gasteiger partial charge in [0.15, 0.2) is 0 Å². The van der Waals surface area contributed by atoms with Crippen molar-refractivity contribution in [2.45, 2.75) is 19.4 Å². The molecule has 2 aromatic carbocycles. The van der Waals surface area contributed by atoms with Crippen LogP contribution in [-0.4, -0.2) is 10.1 Å². The first-order valence-corrected chi connectivity index (χ1v) is 7.30. The van der Waals surface area contributed by atoms with Crippen LogP contribution in [0, 0.1) is 6.92 Å². The number of aliphatic hydroxyl groups is 1. The van der Waals surface area contributed by atoms with Crippen LogP contribution in [0.15, 0.2) is 54.6 Å². The number of halogens is 1. The lowest BCUT2D eigenvalue weighted by Gasteiger charge is -2.15. The summed E-state index contributed by atoms with van der Waals surface area (Å²) in [5.41, 5.74) is 3.76. The van der Waals surface area contributed by atoms with Crippen LogP contribution in [0.1, 0.15) is 22.9 Å². The topological polar surface area (TPSA) is 33.1 Å². The van der Waals surface area contributed by atoms with E-state index in [0.29, 0.717) is 11.4 Å². The van der Waals surface area contributed by atoms with E-state index in [1.54, 1.807) is 0 Å². The van der Waals surface area contributed by atoms with Crippen molar-refractivity contribution in [1.82, 2.24) is 4.98 Å². The molecule has 106 valence electrons. The van der Waals surface area contributed by atoms with Crippen LogP contribution >= 0.6 is 11.6 Å². The SMILES string of the molecule is Cc1cc(C(O)Cc2cccc(Cl)c2)c2ccccc2n1. The van der Waals surface area contributed by atoms with Crippen molar-refractivity contribution >= 4 is 22.5 Å². The summed E-state index contributed by atoms with van der Waals surface area (Å²) in [6.07, 6.45) is -0.0383. The highest BCUT2D eigenvalue weighted by Crippen LogP contribution is 2.27. The first-order chi connectivity index (χ1) is 10.1. The van der Waals surface area contributed by atoms with Gasteiger partial charge in [0, 0.05) is 22.5 Å². The molecule has 1 N–H and O–H groups in total. The Bertz CT molecular complexity index is 785. The van der Waals surface area contributed by atoms with Gasteiger partial charge < -0.3 is 5.11 Å². The molecule has 0 saturated heterocycles. The lowest BCUT2D eigenvalue weighted by Crippen LogP contribution is -2.04. The molecule has 1 atom stereocenters. The maximum Gasteiger partial charge on any atom is 0.0837 e. The van der Waals surface area contributed by atoms with Crippen LogP contribution in [0.4, 0.5) is 0 Å². The molecule has 0 spiro atoms. The van der Waals surface area contributed by atoms with E-state index in [2.05, 4.69) is 4.98 Å². The highest BCUT2D eigenvalue weighted by Gasteiger charge is 2.13. The van der Waals surface area contributed by atoms with Gasteiger partial charge in [-0.15, -0.1) is 0 Å². The second-order valence-electron chi connectivity index (χ2n) is 5.22. The number of hydrogen-bond acceptors (Lipinski definition) is 2. The Morgan fingerprint density at radius 2 is 1.90 bits per heavy atom. The van der Waals surface area contributed by atoms with E-state index in [-0.39, 0.29) is 0 Å². The highest BCUT2D eigenvalue weighted by atomic mass is 35.5. The van der Waals surface area contributed by atoms with Gasteiger partial charge in [0.25, 0.3) is 0 Å². The largest absolute Gasteiger partial charge is 0.388 e. The molecule has 21 heavy (non-hydrogen) atoms. The Morgan fingerprint density at radius 3 is 2.71 bits per heavy atom. The third-order valence-electron chi connectivity index (χ3n) is 3.55. The van der Waals surface area contributed by atoms with Crippen molar-refractivity contribution in [1.29, 1.82) is 0 Å². The summed E-state index contributed by atoms with van der Waals surface area (Å²) in [7, 11) is 0. The van der Waals surface area contributed by atoms with Gasteiger partial charge in [0.1, 0.15) is 0 Å². The third-order valence-corrected chi connectivity index (χ3v) is 3.79. The Labute approximate surface area is 129 Å². The Morgan fingerprint density at radius 1 is 1.10 bits per heavy atom. The molecule has 1 unspecified atom stereocenters. The van der Waals surface area contributed by atoms with E-state index in [0.717, 1.165) is 27.7 Å². The normalized spacial score (nSPS) is 12.5. The zero-order valence-corrected chi connectivity index (χ0v) is 12.5. The van der Waals surface area contributed by atoms with Gasteiger partial charge in [0.2, 0.25) is 0 Å². The molecule has 3 aromatic rings. The summed E-state index contributed by atoms with van der Waals surface area (Å²) < 4.78 is 0. The fraction of sp³-hybridized carbons (Fsp3) is 0.167. The molecule has 0 fully saturated rings. The molecule has 0 aliphatic heterocycles. The average molecular weight is 298 g/mol.